The number of nitrogens with one attached hydrogen (secondary N) is 1. The number of aromatic nitrogens is 2. The maximum absolute atomic E-state index is 13.8. The van der Waals surface area contributed by atoms with Crippen LogP contribution in [0.4, 0.5) is 16.2 Å². The van der Waals surface area contributed by atoms with Gasteiger partial charge in [0, 0.05) is 28.3 Å². The summed E-state index contributed by atoms with van der Waals surface area (Å²) in [4.78, 5) is 11.0. The van der Waals surface area contributed by atoms with Gasteiger partial charge in [0.05, 0.1) is 12.7 Å². The Hall–Kier alpha value is -1.21. The zero-order valence-corrected chi connectivity index (χ0v) is 13.1. The highest BCUT2D eigenvalue weighted by Crippen LogP contribution is 2.23. The summed E-state index contributed by atoms with van der Waals surface area (Å²) in [7, 11) is 1.81. The van der Waals surface area contributed by atoms with Crippen molar-refractivity contribution in [2.45, 2.75) is 13.5 Å². The number of anilines is 2. The summed E-state index contributed by atoms with van der Waals surface area (Å²) in [5.41, 5.74) is 0. The van der Waals surface area contributed by atoms with Gasteiger partial charge in [-0.3, -0.25) is 0 Å². The summed E-state index contributed by atoms with van der Waals surface area (Å²) in [6.45, 7) is 3.25. The van der Waals surface area contributed by atoms with Crippen LogP contribution < -0.4 is 10.2 Å². The van der Waals surface area contributed by atoms with E-state index in [0.717, 1.165) is 9.35 Å². The number of hydrogen-bond acceptors (Lipinski definition) is 5. The molecule has 0 bridgehead atoms. The molecule has 102 valence electrons. The van der Waals surface area contributed by atoms with Gasteiger partial charge < -0.3 is 10.2 Å². The van der Waals surface area contributed by atoms with Crippen LogP contribution in [-0.2, 0) is 6.54 Å². The Labute approximate surface area is 123 Å². The molecule has 0 spiro atoms. The van der Waals surface area contributed by atoms with Gasteiger partial charge in [0.15, 0.2) is 11.6 Å². The molecule has 0 amide bonds. The van der Waals surface area contributed by atoms with Crippen LogP contribution in [0.15, 0.2) is 22.1 Å². The maximum atomic E-state index is 13.8. The molecule has 2 heterocycles. The van der Waals surface area contributed by atoms with Crippen LogP contribution in [0.3, 0.4) is 0 Å². The maximum Gasteiger partial charge on any atom is 0.224 e. The highest BCUT2D eigenvalue weighted by molar-refractivity contribution is 9.10. The van der Waals surface area contributed by atoms with E-state index in [2.05, 4.69) is 31.2 Å². The van der Waals surface area contributed by atoms with Gasteiger partial charge in [0.1, 0.15) is 0 Å². The fourth-order valence-electron chi connectivity index (χ4n) is 1.61. The summed E-state index contributed by atoms with van der Waals surface area (Å²) in [5.74, 6) is 0.327. The molecule has 7 heteroatoms. The molecular formula is C12H14BrFN4S. The fourth-order valence-corrected chi connectivity index (χ4v) is 3.12. The smallest absolute Gasteiger partial charge is 0.224 e. The van der Waals surface area contributed by atoms with Gasteiger partial charge in [0.2, 0.25) is 5.95 Å². The third-order valence-electron chi connectivity index (χ3n) is 2.44. The van der Waals surface area contributed by atoms with E-state index in [4.69, 9.17) is 0 Å². The van der Waals surface area contributed by atoms with Crippen molar-refractivity contribution in [1.82, 2.24) is 9.97 Å². The summed E-state index contributed by atoms with van der Waals surface area (Å²) < 4.78 is 14.8. The molecule has 0 saturated heterocycles. The van der Waals surface area contributed by atoms with Crippen LogP contribution in [0.1, 0.15) is 11.8 Å². The Kier molecular flexibility index (Phi) is 4.71. The topological polar surface area (TPSA) is 41.1 Å². The van der Waals surface area contributed by atoms with Crippen molar-refractivity contribution in [3.8, 4) is 0 Å². The Morgan fingerprint density at radius 2 is 2.32 bits per heavy atom. The van der Waals surface area contributed by atoms with Crippen LogP contribution in [0, 0.1) is 5.82 Å². The van der Waals surface area contributed by atoms with E-state index in [0.29, 0.717) is 24.9 Å². The van der Waals surface area contributed by atoms with E-state index < -0.39 is 5.82 Å². The molecule has 2 aromatic rings. The molecule has 4 nitrogen and oxygen atoms in total. The lowest BCUT2D eigenvalue weighted by molar-refractivity contribution is 0.608. The lowest BCUT2D eigenvalue weighted by Gasteiger charge is -2.18. The van der Waals surface area contributed by atoms with Crippen LogP contribution in [-0.4, -0.2) is 23.6 Å². The van der Waals surface area contributed by atoms with E-state index in [1.165, 1.54) is 6.20 Å². The minimum atomic E-state index is -0.417. The van der Waals surface area contributed by atoms with Crippen LogP contribution in [0.2, 0.25) is 0 Å². The first-order valence-corrected chi connectivity index (χ1v) is 7.48. The first-order chi connectivity index (χ1) is 9.10. The van der Waals surface area contributed by atoms with Crippen LogP contribution in [0.25, 0.3) is 0 Å². The summed E-state index contributed by atoms with van der Waals surface area (Å²) >= 11 is 5.03. The number of nitrogens with zero attached hydrogens (tertiary/aromatic N) is 3. The Morgan fingerprint density at radius 3 is 2.95 bits per heavy atom. The molecule has 0 aliphatic heterocycles. The second kappa shape index (κ2) is 6.29. The molecule has 0 radical (unpaired) electrons. The molecule has 0 atom stereocenters. The second-order valence-corrected chi connectivity index (χ2v) is 5.89. The van der Waals surface area contributed by atoms with Gasteiger partial charge in [-0.2, -0.15) is 4.98 Å². The van der Waals surface area contributed by atoms with E-state index in [1.807, 2.05) is 25.4 Å². The average Bonchev–Trinajstić information content (AvgIpc) is 2.77. The minimum Gasteiger partial charge on any atom is -0.354 e. The number of thiophene rings is 1. The molecule has 2 aromatic heterocycles. The summed E-state index contributed by atoms with van der Waals surface area (Å²) in [6, 6.07) is 2.02. The molecule has 0 aliphatic carbocycles. The Bertz CT molecular complexity index is 560. The molecule has 1 N–H and O–H groups in total. The van der Waals surface area contributed by atoms with Gasteiger partial charge >= 0.3 is 0 Å². The highest BCUT2D eigenvalue weighted by atomic mass is 79.9. The van der Waals surface area contributed by atoms with Crippen molar-refractivity contribution >= 4 is 39.0 Å². The normalized spacial score (nSPS) is 10.5. The number of halogens is 2. The highest BCUT2D eigenvalue weighted by Gasteiger charge is 2.12. The molecular weight excluding hydrogens is 331 g/mol. The van der Waals surface area contributed by atoms with Gasteiger partial charge in [-0.15, -0.1) is 11.3 Å². The minimum absolute atomic E-state index is 0.301. The van der Waals surface area contributed by atoms with E-state index in [-0.39, 0.29) is 0 Å². The monoisotopic (exact) mass is 344 g/mol. The van der Waals surface area contributed by atoms with Crippen molar-refractivity contribution < 1.29 is 4.39 Å². The van der Waals surface area contributed by atoms with Gasteiger partial charge in [-0.05, 0) is 28.9 Å². The van der Waals surface area contributed by atoms with Crippen molar-refractivity contribution in [2.24, 2.45) is 0 Å². The molecule has 0 fully saturated rings. The standard InChI is InChI=1S/C12H14BrFN4S/c1-3-15-12-16-5-10(14)11(17-12)18(2)6-9-4-8(13)7-19-9/h4-5,7H,3,6H2,1-2H3,(H,15,16,17). The largest absolute Gasteiger partial charge is 0.354 e. The van der Waals surface area contributed by atoms with E-state index in [9.17, 15) is 4.39 Å². The quantitative estimate of drug-likeness (QED) is 0.901. The van der Waals surface area contributed by atoms with Crippen LogP contribution in [0.5, 0.6) is 0 Å². The molecule has 0 saturated carbocycles. The first kappa shape index (κ1) is 14.2. The number of hydrogen-bond donors (Lipinski definition) is 1. The predicted octanol–water partition coefficient (Wildman–Crippen LogP) is 3.51. The Morgan fingerprint density at radius 1 is 1.53 bits per heavy atom. The number of rotatable bonds is 5. The summed E-state index contributed by atoms with van der Waals surface area (Å²) in [5, 5.41) is 4.98. The van der Waals surface area contributed by atoms with Crippen molar-refractivity contribution in [3.05, 3.63) is 32.8 Å². The zero-order chi connectivity index (χ0) is 13.8. The van der Waals surface area contributed by atoms with Gasteiger partial charge in [-0.25, -0.2) is 9.37 Å². The SMILES string of the molecule is CCNc1ncc(F)c(N(C)Cc2cc(Br)cs2)n1. The zero-order valence-electron chi connectivity index (χ0n) is 10.7. The molecule has 0 aromatic carbocycles. The lowest BCUT2D eigenvalue weighted by atomic mass is 10.4. The first-order valence-electron chi connectivity index (χ1n) is 5.80. The lowest BCUT2D eigenvalue weighted by Crippen LogP contribution is -2.19. The summed E-state index contributed by atoms with van der Waals surface area (Å²) in [6.07, 6.45) is 1.20. The van der Waals surface area contributed by atoms with Gasteiger partial charge in [0.25, 0.3) is 0 Å². The van der Waals surface area contributed by atoms with Crippen molar-refractivity contribution in [1.29, 1.82) is 0 Å². The van der Waals surface area contributed by atoms with Crippen molar-refractivity contribution in [2.75, 3.05) is 23.8 Å². The second-order valence-electron chi connectivity index (χ2n) is 3.98. The third-order valence-corrected chi connectivity index (χ3v) is 4.12. The molecule has 0 aliphatic rings. The Balaban J connectivity index is 2.17. The third kappa shape index (κ3) is 3.63. The average molecular weight is 345 g/mol. The van der Waals surface area contributed by atoms with Crippen molar-refractivity contribution in [3.63, 3.8) is 0 Å². The predicted molar refractivity (Wildman–Crippen MR) is 80.3 cm³/mol. The molecule has 0 unspecified atom stereocenters. The molecule has 2 rings (SSSR count). The fraction of sp³-hybridized carbons (Fsp3) is 0.333. The van der Waals surface area contributed by atoms with E-state index >= 15 is 0 Å². The van der Waals surface area contributed by atoms with Gasteiger partial charge in [-0.1, -0.05) is 0 Å². The molecule has 19 heavy (non-hydrogen) atoms. The van der Waals surface area contributed by atoms with Crippen LogP contribution >= 0.6 is 27.3 Å². The van der Waals surface area contributed by atoms with E-state index in [1.54, 1.807) is 16.2 Å².